The number of hydrogen-bond acceptors (Lipinski definition) is 3. The van der Waals surface area contributed by atoms with Crippen molar-refractivity contribution < 1.29 is 4.79 Å². The van der Waals surface area contributed by atoms with Gasteiger partial charge in [-0.1, -0.05) is 0 Å². The third kappa shape index (κ3) is 2.89. The Morgan fingerprint density at radius 3 is 3.00 bits per heavy atom. The maximum Gasteiger partial charge on any atom is 0.269 e. The zero-order chi connectivity index (χ0) is 8.10. The molecule has 1 rings (SSSR count). The summed E-state index contributed by atoms with van der Waals surface area (Å²) in [6.07, 6.45) is 1.53. The van der Waals surface area contributed by atoms with Crippen molar-refractivity contribution in [1.29, 1.82) is 0 Å². The van der Waals surface area contributed by atoms with Crippen LogP contribution in [-0.2, 0) is 0 Å². The number of halogens is 1. The molecule has 0 aromatic carbocycles. The Kier molecular flexibility index (Phi) is 5.07. The number of hydrogen-bond donors (Lipinski definition) is 3. The number of carbonyl (C=O) groups excluding carboxylic acids is 1. The molecule has 68 valence electrons. The van der Waals surface area contributed by atoms with E-state index in [-0.39, 0.29) is 18.3 Å². The van der Waals surface area contributed by atoms with Gasteiger partial charge in [0.2, 0.25) is 0 Å². The highest BCUT2D eigenvalue weighted by atomic mass is 35.5. The molecule has 1 heterocycles. The summed E-state index contributed by atoms with van der Waals surface area (Å²) in [4.78, 5) is 11.0. The average molecular weight is 191 g/mol. The third-order valence-corrected chi connectivity index (χ3v) is 1.18. The summed E-state index contributed by atoms with van der Waals surface area (Å²) in [5, 5.41) is 8.78. The molecule has 0 aliphatic heterocycles. The van der Waals surface area contributed by atoms with E-state index in [4.69, 9.17) is 5.73 Å². The van der Waals surface area contributed by atoms with Crippen molar-refractivity contribution in [3.05, 3.63) is 18.0 Å². The predicted octanol–water partition coefficient (Wildman–Crippen LogP) is -0.480. The molecule has 0 radical (unpaired) electrons. The lowest BCUT2D eigenvalue weighted by Gasteiger charge is -1.98. The molecule has 0 saturated heterocycles. The van der Waals surface area contributed by atoms with Gasteiger partial charge in [-0.05, 0) is 6.07 Å². The van der Waals surface area contributed by atoms with Crippen molar-refractivity contribution in [2.45, 2.75) is 0 Å². The first-order valence-corrected chi connectivity index (χ1v) is 3.32. The number of nitrogens with one attached hydrogen (secondary N) is 2. The summed E-state index contributed by atoms with van der Waals surface area (Å²) >= 11 is 0. The smallest absolute Gasteiger partial charge is 0.269 e. The highest BCUT2D eigenvalue weighted by Gasteiger charge is 2.03. The number of carbonyl (C=O) groups is 1. The summed E-state index contributed by atoms with van der Waals surface area (Å²) in [6.45, 7) is 0.928. The van der Waals surface area contributed by atoms with Crippen LogP contribution in [-0.4, -0.2) is 29.2 Å². The standard InChI is InChI=1S/C6H10N4O.ClH/c7-2-4-8-6(11)5-1-3-9-10-5;/h1,3H,2,4,7H2,(H,8,11)(H,9,10);1H. The third-order valence-electron chi connectivity index (χ3n) is 1.18. The van der Waals surface area contributed by atoms with Gasteiger partial charge in [0.15, 0.2) is 0 Å². The zero-order valence-electron chi connectivity index (χ0n) is 6.41. The Labute approximate surface area is 76.1 Å². The Balaban J connectivity index is 0.00000121. The summed E-state index contributed by atoms with van der Waals surface area (Å²) in [5.74, 6) is -0.173. The van der Waals surface area contributed by atoms with E-state index < -0.39 is 0 Å². The Bertz CT molecular complexity index is 223. The zero-order valence-corrected chi connectivity index (χ0v) is 7.23. The average Bonchev–Trinajstić information content (AvgIpc) is 2.52. The van der Waals surface area contributed by atoms with Gasteiger partial charge in [-0.3, -0.25) is 9.89 Å². The molecule has 6 heteroatoms. The van der Waals surface area contributed by atoms with Crippen LogP contribution < -0.4 is 11.1 Å². The van der Waals surface area contributed by atoms with Crippen LogP contribution in [0.5, 0.6) is 0 Å². The molecule has 0 atom stereocenters. The van der Waals surface area contributed by atoms with Crippen molar-refractivity contribution in [2.75, 3.05) is 13.1 Å². The number of nitrogens with two attached hydrogens (primary N) is 1. The van der Waals surface area contributed by atoms with Crippen LogP contribution in [0.2, 0.25) is 0 Å². The molecule has 12 heavy (non-hydrogen) atoms. The molecule has 5 nitrogen and oxygen atoms in total. The van der Waals surface area contributed by atoms with Crippen LogP contribution in [0.4, 0.5) is 0 Å². The summed E-state index contributed by atoms with van der Waals surface area (Å²) in [7, 11) is 0. The van der Waals surface area contributed by atoms with Crippen molar-refractivity contribution >= 4 is 18.3 Å². The lowest BCUT2D eigenvalue weighted by molar-refractivity contribution is 0.0950. The maximum atomic E-state index is 11.0. The molecule has 1 aromatic heterocycles. The number of rotatable bonds is 3. The fourth-order valence-corrected chi connectivity index (χ4v) is 0.663. The van der Waals surface area contributed by atoms with Crippen molar-refractivity contribution in [3.63, 3.8) is 0 Å². The van der Waals surface area contributed by atoms with E-state index >= 15 is 0 Å². The lowest BCUT2D eigenvalue weighted by atomic mass is 10.4. The molecule has 0 aliphatic carbocycles. The van der Waals surface area contributed by atoms with Gasteiger partial charge in [0.05, 0.1) is 0 Å². The molecule has 1 amide bonds. The highest BCUT2D eigenvalue weighted by molar-refractivity contribution is 5.92. The van der Waals surface area contributed by atoms with Crippen LogP contribution in [0.3, 0.4) is 0 Å². The van der Waals surface area contributed by atoms with Gasteiger partial charge in [0.25, 0.3) is 5.91 Å². The predicted molar refractivity (Wildman–Crippen MR) is 47.2 cm³/mol. The normalized spacial score (nSPS) is 8.75. The first kappa shape index (κ1) is 10.9. The molecular weight excluding hydrogens is 180 g/mol. The van der Waals surface area contributed by atoms with Crippen molar-refractivity contribution in [2.24, 2.45) is 5.73 Å². The van der Waals surface area contributed by atoms with Crippen molar-refractivity contribution in [1.82, 2.24) is 15.5 Å². The minimum atomic E-state index is -0.173. The minimum absolute atomic E-state index is 0. The molecule has 0 fully saturated rings. The highest BCUT2D eigenvalue weighted by Crippen LogP contribution is 1.89. The maximum absolute atomic E-state index is 11.0. The van der Waals surface area contributed by atoms with Gasteiger partial charge in [-0.2, -0.15) is 5.10 Å². The number of H-pyrrole nitrogens is 1. The molecule has 1 aromatic rings. The van der Waals surface area contributed by atoms with Gasteiger partial charge in [-0.25, -0.2) is 0 Å². The van der Waals surface area contributed by atoms with Crippen LogP contribution in [0.15, 0.2) is 12.3 Å². The Morgan fingerprint density at radius 2 is 2.50 bits per heavy atom. The number of aromatic amines is 1. The monoisotopic (exact) mass is 190 g/mol. The van der Waals surface area contributed by atoms with E-state index in [0.717, 1.165) is 0 Å². The topological polar surface area (TPSA) is 83.8 Å². The number of nitrogens with zero attached hydrogens (tertiary/aromatic N) is 1. The molecule has 0 aliphatic rings. The molecule has 0 unspecified atom stereocenters. The van der Waals surface area contributed by atoms with Gasteiger partial charge >= 0.3 is 0 Å². The van der Waals surface area contributed by atoms with Crippen LogP contribution in [0.1, 0.15) is 10.5 Å². The van der Waals surface area contributed by atoms with E-state index in [1.165, 1.54) is 6.20 Å². The largest absolute Gasteiger partial charge is 0.349 e. The summed E-state index contributed by atoms with van der Waals surface area (Å²) in [6, 6.07) is 1.60. The fraction of sp³-hybridized carbons (Fsp3) is 0.333. The van der Waals surface area contributed by atoms with E-state index in [0.29, 0.717) is 18.8 Å². The summed E-state index contributed by atoms with van der Waals surface area (Å²) in [5.41, 5.74) is 5.65. The Hall–Kier alpha value is -1.07. The van der Waals surface area contributed by atoms with Crippen LogP contribution in [0, 0.1) is 0 Å². The molecule has 4 N–H and O–H groups in total. The lowest BCUT2D eigenvalue weighted by Crippen LogP contribution is -2.29. The molecule has 0 spiro atoms. The minimum Gasteiger partial charge on any atom is -0.349 e. The van der Waals surface area contributed by atoms with E-state index in [2.05, 4.69) is 15.5 Å². The second kappa shape index (κ2) is 5.56. The van der Waals surface area contributed by atoms with E-state index in [1.54, 1.807) is 6.07 Å². The molecule has 0 bridgehead atoms. The van der Waals surface area contributed by atoms with Crippen molar-refractivity contribution in [3.8, 4) is 0 Å². The van der Waals surface area contributed by atoms with Gasteiger partial charge in [0, 0.05) is 19.3 Å². The van der Waals surface area contributed by atoms with Gasteiger partial charge < -0.3 is 11.1 Å². The van der Waals surface area contributed by atoms with Crippen LogP contribution >= 0.6 is 12.4 Å². The first-order valence-electron chi connectivity index (χ1n) is 3.32. The van der Waals surface area contributed by atoms with E-state index in [9.17, 15) is 4.79 Å². The Morgan fingerprint density at radius 1 is 1.75 bits per heavy atom. The quantitative estimate of drug-likeness (QED) is 0.602. The van der Waals surface area contributed by atoms with Gasteiger partial charge in [-0.15, -0.1) is 12.4 Å². The second-order valence-electron chi connectivity index (χ2n) is 2.01. The number of amides is 1. The SMILES string of the molecule is Cl.NCCNC(=O)c1ccn[nH]1. The van der Waals surface area contributed by atoms with E-state index in [1.807, 2.05) is 0 Å². The van der Waals surface area contributed by atoms with Crippen LogP contribution in [0.25, 0.3) is 0 Å². The molecular formula is C6H11ClN4O. The number of aromatic nitrogens is 2. The second-order valence-corrected chi connectivity index (χ2v) is 2.01. The first-order chi connectivity index (χ1) is 5.34. The molecule has 0 saturated carbocycles. The fourth-order valence-electron chi connectivity index (χ4n) is 0.663. The summed E-state index contributed by atoms with van der Waals surface area (Å²) < 4.78 is 0. The van der Waals surface area contributed by atoms with Gasteiger partial charge in [0.1, 0.15) is 5.69 Å².